The molecular weight excluding hydrogens is 300 g/mol. The summed E-state index contributed by atoms with van der Waals surface area (Å²) in [6, 6.07) is 3.25. The fourth-order valence-electron chi connectivity index (χ4n) is 2.26. The molecule has 2 heterocycles. The van der Waals surface area contributed by atoms with Gasteiger partial charge in [0, 0.05) is 12.1 Å². The number of aromatic amines is 1. The van der Waals surface area contributed by atoms with Gasteiger partial charge < -0.3 is 15.0 Å². The normalized spacial score (nSPS) is 20.1. The van der Waals surface area contributed by atoms with Crippen LogP contribution >= 0.6 is 0 Å². The van der Waals surface area contributed by atoms with Crippen LogP contribution in [-0.2, 0) is 14.6 Å². The summed E-state index contributed by atoms with van der Waals surface area (Å²) in [7, 11) is -3.26. The highest BCUT2D eigenvalue weighted by molar-refractivity contribution is 7.91. The Bertz CT molecular complexity index is 723. The van der Waals surface area contributed by atoms with Gasteiger partial charge in [0.15, 0.2) is 9.84 Å². The summed E-state index contributed by atoms with van der Waals surface area (Å²) in [4.78, 5) is 37.8. The maximum Gasteiger partial charge on any atom is 0.323 e. The van der Waals surface area contributed by atoms with Gasteiger partial charge >= 0.3 is 5.97 Å². The minimum atomic E-state index is -3.26. The van der Waals surface area contributed by atoms with E-state index in [0.717, 1.165) is 4.90 Å². The van der Waals surface area contributed by atoms with E-state index in [9.17, 15) is 22.8 Å². The minimum Gasteiger partial charge on any atom is -0.480 e. The maximum atomic E-state index is 12.3. The minimum absolute atomic E-state index is 0.0620. The first-order valence-electron chi connectivity index (χ1n) is 6.21. The predicted molar refractivity (Wildman–Crippen MR) is 72.8 cm³/mol. The van der Waals surface area contributed by atoms with Crippen LogP contribution in [0.2, 0.25) is 0 Å². The largest absolute Gasteiger partial charge is 0.480 e. The second kappa shape index (κ2) is 5.68. The molecule has 8 nitrogen and oxygen atoms in total. The number of nitrogens with one attached hydrogen (secondary N) is 1. The molecule has 1 saturated heterocycles. The number of nitrogens with zero attached hydrogens (tertiary/aromatic N) is 1. The molecule has 1 aliphatic rings. The summed E-state index contributed by atoms with van der Waals surface area (Å²) < 4.78 is 23.0. The average molecular weight is 314 g/mol. The van der Waals surface area contributed by atoms with E-state index in [1.807, 2.05) is 0 Å². The topological polar surface area (TPSA) is 125 Å². The van der Waals surface area contributed by atoms with Crippen LogP contribution in [0.3, 0.4) is 0 Å². The average Bonchev–Trinajstić information content (AvgIpc) is 2.75. The summed E-state index contributed by atoms with van der Waals surface area (Å²) >= 11 is 0. The zero-order valence-corrected chi connectivity index (χ0v) is 11.8. The van der Waals surface area contributed by atoms with Crippen molar-refractivity contribution < 1.29 is 23.1 Å². The van der Waals surface area contributed by atoms with Gasteiger partial charge in [-0.2, -0.15) is 0 Å². The molecule has 1 unspecified atom stereocenters. The van der Waals surface area contributed by atoms with E-state index in [2.05, 4.69) is 4.98 Å². The lowest BCUT2D eigenvalue weighted by molar-refractivity contribution is -0.138. The molecule has 1 atom stereocenters. The Kier molecular flexibility index (Phi) is 4.12. The van der Waals surface area contributed by atoms with Crippen molar-refractivity contribution in [3.63, 3.8) is 0 Å². The smallest absolute Gasteiger partial charge is 0.323 e. The quantitative estimate of drug-likeness (QED) is 0.741. The number of H-pyrrole nitrogens is 1. The Morgan fingerprint density at radius 1 is 1.38 bits per heavy atom. The highest BCUT2D eigenvalue weighted by atomic mass is 32.2. The van der Waals surface area contributed by atoms with Crippen LogP contribution in [0.1, 0.15) is 16.9 Å². The van der Waals surface area contributed by atoms with Crippen molar-refractivity contribution in [3.05, 3.63) is 34.2 Å². The number of rotatable bonds is 4. The third-order valence-corrected chi connectivity index (χ3v) is 4.96. The lowest BCUT2D eigenvalue weighted by Crippen LogP contribution is -2.44. The first-order chi connectivity index (χ1) is 9.78. The highest BCUT2D eigenvalue weighted by Crippen LogP contribution is 2.19. The maximum absolute atomic E-state index is 12.3. The van der Waals surface area contributed by atoms with Crippen LogP contribution in [0, 0.1) is 0 Å². The van der Waals surface area contributed by atoms with Gasteiger partial charge in [-0.25, -0.2) is 8.42 Å². The Hall–Kier alpha value is -2.16. The number of carboxylic acids is 1. The van der Waals surface area contributed by atoms with E-state index in [1.165, 1.54) is 18.2 Å². The Balaban J connectivity index is 2.30. The number of aromatic nitrogens is 1. The van der Waals surface area contributed by atoms with Gasteiger partial charge in [0.05, 0.1) is 11.5 Å². The molecule has 1 aromatic rings. The van der Waals surface area contributed by atoms with Crippen molar-refractivity contribution in [1.82, 2.24) is 9.88 Å². The van der Waals surface area contributed by atoms with Gasteiger partial charge in [0.2, 0.25) is 5.56 Å². The zero-order chi connectivity index (χ0) is 15.6. The SMILES string of the molecule is O=C(O)CN(C(=O)c1cccc(=O)[nH]1)C1CCS(=O)(=O)C1. The van der Waals surface area contributed by atoms with Crippen molar-refractivity contribution in [3.8, 4) is 0 Å². The molecule has 114 valence electrons. The molecule has 9 heteroatoms. The summed E-state index contributed by atoms with van der Waals surface area (Å²) in [6.45, 7) is -0.615. The molecule has 0 aromatic carbocycles. The molecule has 0 bridgehead atoms. The number of amides is 1. The highest BCUT2D eigenvalue weighted by Gasteiger charge is 2.36. The molecule has 21 heavy (non-hydrogen) atoms. The van der Waals surface area contributed by atoms with Crippen molar-refractivity contribution in [1.29, 1.82) is 0 Å². The second-order valence-electron chi connectivity index (χ2n) is 4.81. The van der Waals surface area contributed by atoms with Gasteiger partial charge in [-0.15, -0.1) is 0 Å². The molecule has 1 aromatic heterocycles. The van der Waals surface area contributed by atoms with E-state index in [1.54, 1.807) is 0 Å². The van der Waals surface area contributed by atoms with Crippen LogP contribution < -0.4 is 5.56 Å². The van der Waals surface area contributed by atoms with Gasteiger partial charge in [-0.3, -0.25) is 14.4 Å². The molecular formula is C12H14N2O6S. The van der Waals surface area contributed by atoms with Crippen LogP contribution in [0.5, 0.6) is 0 Å². The van der Waals surface area contributed by atoms with Crippen molar-refractivity contribution in [2.45, 2.75) is 12.5 Å². The molecule has 2 rings (SSSR count). The van der Waals surface area contributed by atoms with Crippen LogP contribution in [0.4, 0.5) is 0 Å². The van der Waals surface area contributed by atoms with E-state index in [0.29, 0.717) is 0 Å². The Morgan fingerprint density at radius 2 is 2.10 bits per heavy atom. The summed E-state index contributed by atoms with van der Waals surface area (Å²) in [5, 5.41) is 8.91. The zero-order valence-electron chi connectivity index (χ0n) is 11.0. The van der Waals surface area contributed by atoms with Crippen molar-refractivity contribution >= 4 is 21.7 Å². The third-order valence-electron chi connectivity index (χ3n) is 3.21. The Morgan fingerprint density at radius 3 is 2.62 bits per heavy atom. The number of sulfone groups is 1. The first-order valence-corrected chi connectivity index (χ1v) is 8.03. The van der Waals surface area contributed by atoms with Crippen molar-refractivity contribution in [2.75, 3.05) is 18.1 Å². The second-order valence-corrected chi connectivity index (χ2v) is 7.04. The number of aliphatic carboxylic acids is 1. The lowest BCUT2D eigenvalue weighted by Gasteiger charge is -2.26. The van der Waals surface area contributed by atoms with Gasteiger partial charge in [0.25, 0.3) is 5.91 Å². The van der Waals surface area contributed by atoms with Gasteiger partial charge in [0.1, 0.15) is 12.2 Å². The van der Waals surface area contributed by atoms with Crippen LogP contribution in [0.25, 0.3) is 0 Å². The number of hydrogen-bond donors (Lipinski definition) is 2. The van der Waals surface area contributed by atoms with Crippen molar-refractivity contribution in [2.24, 2.45) is 0 Å². The number of pyridine rings is 1. The molecule has 0 spiro atoms. The standard InChI is InChI=1S/C12H14N2O6S/c15-10-3-1-2-9(13-10)12(18)14(6-11(16)17)8-4-5-21(19,20)7-8/h1-3,8H,4-7H2,(H,13,15)(H,16,17). The predicted octanol–water partition coefficient (Wildman–Crippen LogP) is -0.911. The van der Waals surface area contributed by atoms with Crippen LogP contribution in [0.15, 0.2) is 23.0 Å². The molecule has 2 N–H and O–H groups in total. The first kappa shape index (κ1) is 15.2. The third kappa shape index (κ3) is 3.69. The summed E-state index contributed by atoms with van der Waals surface area (Å²) in [6.07, 6.45) is 0.193. The molecule has 1 amide bonds. The van der Waals surface area contributed by atoms with Gasteiger partial charge in [-0.05, 0) is 12.5 Å². The van der Waals surface area contributed by atoms with E-state index in [-0.39, 0.29) is 23.6 Å². The number of carboxylic acid groups (broad SMARTS) is 1. The monoisotopic (exact) mass is 314 g/mol. The van der Waals surface area contributed by atoms with Gasteiger partial charge in [-0.1, -0.05) is 6.07 Å². The molecule has 0 saturated carbocycles. The van der Waals surface area contributed by atoms with E-state index < -0.39 is 39.9 Å². The van der Waals surface area contributed by atoms with Crippen LogP contribution in [-0.4, -0.2) is 59.4 Å². The van der Waals surface area contributed by atoms with E-state index in [4.69, 9.17) is 5.11 Å². The number of carbonyl (C=O) groups is 2. The lowest BCUT2D eigenvalue weighted by atomic mass is 10.2. The number of hydrogen-bond acceptors (Lipinski definition) is 5. The molecule has 0 radical (unpaired) electrons. The summed E-state index contributed by atoms with van der Waals surface area (Å²) in [5.41, 5.74) is -0.553. The fraction of sp³-hybridized carbons (Fsp3) is 0.417. The Labute approximate surface area is 120 Å². The summed E-state index contributed by atoms with van der Waals surface area (Å²) in [5.74, 6) is -2.28. The van der Waals surface area contributed by atoms with E-state index >= 15 is 0 Å². The number of carbonyl (C=O) groups excluding carboxylic acids is 1. The molecule has 0 aliphatic carbocycles. The molecule has 1 aliphatic heterocycles. The fourth-order valence-corrected chi connectivity index (χ4v) is 3.99. The molecule has 1 fully saturated rings.